The summed E-state index contributed by atoms with van der Waals surface area (Å²) in [5, 5.41) is 4.21. The van der Waals surface area contributed by atoms with Gasteiger partial charge in [-0.2, -0.15) is 18.3 Å². The fourth-order valence-electron chi connectivity index (χ4n) is 3.83. The van der Waals surface area contributed by atoms with Crippen molar-refractivity contribution in [1.82, 2.24) is 14.7 Å². The summed E-state index contributed by atoms with van der Waals surface area (Å²) in [4.78, 5) is 14.8. The van der Waals surface area contributed by atoms with E-state index in [0.717, 1.165) is 17.0 Å². The molecule has 0 saturated carbocycles. The van der Waals surface area contributed by atoms with Gasteiger partial charge in [0.15, 0.2) is 15.7 Å². The molecule has 4 rings (SSSR count). The maximum atomic E-state index is 14.6. The van der Waals surface area contributed by atoms with Gasteiger partial charge in [-0.15, -0.1) is 0 Å². The number of benzene rings is 2. The zero-order valence-electron chi connectivity index (χ0n) is 20.6. The predicted molar refractivity (Wildman–Crippen MR) is 127 cm³/mol. The number of fused-ring (bicyclic) bond motifs is 1. The number of carbonyl (C=O) groups excluding carboxylic acids is 1. The second kappa shape index (κ2) is 9.16. The van der Waals surface area contributed by atoms with Crippen molar-refractivity contribution >= 4 is 15.7 Å². The largest absolute Gasteiger partial charge is 0.492 e. The molecule has 0 atom stereocenters. The van der Waals surface area contributed by atoms with Crippen LogP contribution in [0, 0.1) is 11.2 Å². The number of nitrogens with zero attached hydrogens (tertiary/aromatic N) is 3. The minimum atomic E-state index is -4.85. The van der Waals surface area contributed by atoms with Gasteiger partial charge in [0.25, 0.3) is 5.91 Å². The van der Waals surface area contributed by atoms with Crippen molar-refractivity contribution in [2.75, 3.05) is 12.9 Å². The predicted octanol–water partition coefficient (Wildman–Crippen LogP) is 5.01. The third kappa shape index (κ3) is 5.63. The van der Waals surface area contributed by atoms with Crippen LogP contribution >= 0.6 is 0 Å². The third-order valence-electron chi connectivity index (χ3n) is 5.67. The van der Waals surface area contributed by atoms with Crippen LogP contribution in [0.3, 0.4) is 0 Å². The number of sulfone groups is 1. The van der Waals surface area contributed by atoms with Crippen molar-refractivity contribution < 1.29 is 35.5 Å². The normalized spacial score (nSPS) is 14.1. The second-order valence-corrected chi connectivity index (χ2v) is 12.1. The van der Waals surface area contributed by atoms with Gasteiger partial charge in [0.05, 0.1) is 34.9 Å². The Morgan fingerprint density at radius 2 is 1.81 bits per heavy atom. The van der Waals surface area contributed by atoms with E-state index in [1.807, 2.05) is 20.8 Å². The van der Waals surface area contributed by atoms with Crippen LogP contribution in [0.2, 0.25) is 0 Å². The molecule has 1 amide bonds. The lowest BCUT2D eigenvalue weighted by atomic mass is 9.98. The molecule has 1 aliphatic rings. The standard InChI is InChI=1S/C25H25F4N3O4S/c1-24(2,3)14-36-21-9-8-16(37(4,34)35)10-17(21)23(33)31-11-15-12-32(30-19(15)13-31)20-7-5-6-18(22(20)26)25(27,28)29/h5-10,12H,11,13-14H2,1-4H3. The SMILES string of the molecule is CC(C)(C)COc1ccc(S(C)(=O)=O)cc1C(=O)N1Cc2cn(-c3cccc(C(F)(F)F)c3F)nc2C1. The van der Waals surface area contributed by atoms with Gasteiger partial charge >= 0.3 is 6.18 Å². The van der Waals surface area contributed by atoms with E-state index in [0.29, 0.717) is 17.3 Å². The van der Waals surface area contributed by atoms with Crippen LogP contribution in [0.25, 0.3) is 5.69 Å². The molecule has 1 aromatic heterocycles. The summed E-state index contributed by atoms with van der Waals surface area (Å²) in [7, 11) is -3.60. The molecule has 0 aliphatic carbocycles. The average Bonchev–Trinajstić information content (AvgIpc) is 3.34. The first-order valence-corrected chi connectivity index (χ1v) is 13.1. The first-order chi connectivity index (χ1) is 17.0. The summed E-state index contributed by atoms with van der Waals surface area (Å²) >= 11 is 0. The number of amides is 1. The zero-order valence-corrected chi connectivity index (χ0v) is 21.4. The molecule has 0 bridgehead atoms. The van der Waals surface area contributed by atoms with E-state index in [1.54, 1.807) is 0 Å². The quantitative estimate of drug-likeness (QED) is 0.426. The summed E-state index contributed by atoms with van der Waals surface area (Å²) in [5.41, 5.74) is -0.994. The Kier molecular flexibility index (Phi) is 6.60. The number of carbonyl (C=O) groups is 1. The van der Waals surface area contributed by atoms with Gasteiger partial charge in [-0.1, -0.05) is 26.8 Å². The number of halogens is 4. The fourth-order valence-corrected chi connectivity index (χ4v) is 4.48. The highest BCUT2D eigenvalue weighted by atomic mass is 32.2. The Balaban J connectivity index is 1.62. The second-order valence-electron chi connectivity index (χ2n) is 10.1. The molecule has 0 spiro atoms. The molecule has 2 aromatic carbocycles. The molecular weight excluding hydrogens is 514 g/mol. The van der Waals surface area contributed by atoms with Gasteiger partial charge in [0.2, 0.25) is 0 Å². The Labute approximate surface area is 211 Å². The van der Waals surface area contributed by atoms with Crippen molar-refractivity contribution in [2.45, 2.75) is 44.9 Å². The van der Waals surface area contributed by atoms with Gasteiger partial charge < -0.3 is 9.64 Å². The van der Waals surface area contributed by atoms with Gasteiger partial charge in [-0.3, -0.25) is 4.79 Å². The maximum Gasteiger partial charge on any atom is 0.419 e. The number of aromatic nitrogens is 2. The van der Waals surface area contributed by atoms with Crippen LogP contribution in [0.4, 0.5) is 17.6 Å². The van der Waals surface area contributed by atoms with Crippen LogP contribution in [0.15, 0.2) is 47.5 Å². The molecule has 3 aromatic rings. The Morgan fingerprint density at radius 3 is 2.41 bits per heavy atom. The molecule has 198 valence electrons. The Hall–Kier alpha value is -3.41. The van der Waals surface area contributed by atoms with E-state index in [9.17, 15) is 30.8 Å². The zero-order chi connectivity index (χ0) is 27.3. The van der Waals surface area contributed by atoms with Crippen molar-refractivity contribution in [3.8, 4) is 11.4 Å². The average molecular weight is 540 g/mol. The summed E-state index contributed by atoms with van der Waals surface area (Å²) in [6.45, 7) is 6.18. The minimum absolute atomic E-state index is 0.00353. The van der Waals surface area contributed by atoms with E-state index in [2.05, 4.69) is 5.10 Å². The van der Waals surface area contributed by atoms with Crippen molar-refractivity contribution in [3.63, 3.8) is 0 Å². The third-order valence-corrected chi connectivity index (χ3v) is 6.78. The van der Waals surface area contributed by atoms with E-state index in [1.165, 1.54) is 35.4 Å². The van der Waals surface area contributed by atoms with Crippen molar-refractivity contribution in [1.29, 1.82) is 0 Å². The summed E-state index contributed by atoms with van der Waals surface area (Å²) in [6, 6.07) is 7.02. The van der Waals surface area contributed by atoms with Crippen LogP contribution < -0.4 is 4.74 Å². The van der Waals surface area contributed by atoms with Crippen LogP contribution in [-0.4, -0.2) is 41.9 Å². The van der Waals surface area contributed by atoms with Crippen LogP contribution in [0.5, 0.6) is 5.75 Å². The van der Waals surface area contributed by atoms with E-state index < -0.39 is 33.3 Å². The van der Waals surface area contributed by atoms with Gasteiger partial charge in [-0.25, -0.2) is 17.5 Å². The number of hydrogen-bond acceptors (Lipinski definition) is 5. The molecule has 0 N–H and O–H groups in total. The highest BCUT2D eigenvalue weighted by Crippen LogP contribution is 2.34. The smallest absolute Gasteiger partial charge is 0.419 e. The molecule has 0 saturated heterocycles. The Bertz CT molecular complexity index is 1450. The highest BCUT2D eigenvalue weighted by molar-refractivity contribution is 7.90. The molecule has 12 heteroatoms. The molecule has 0 fully saturated rings. The van der Waals surface area contributed by atoms with E-state index >= 15 is 0 Å². The van der Waals surface area contributed by atoms with Gasteiger partial charge in [0.1, 0.15) is 11.4 Å². The van der Waals surface area contributed by atoms with Crippen molar-refractivity contribution in [3.05, 3.63) is 70.8 Å². The Morgan fingerprint density at radius 1 is 1.11 bits per heavy atom. The first-order valence-electron chi connectivity index (χ1n) is 11.2. The molecule has 2 heterocycles. The van der Waals surface area contributed by atoms with Crippen LogP contribution in [0.1, 0.15) is 48.0 Å². The fraction of sp³-hybridized carbons (Fsp3) is 0.360. The number of ether oxygens (including phenoxy) is 1. The molecule has 37 heavy (non-hydrogen) atoms. The minimum Gasteiger partial charge on any atom is -0.492 e. The number of hydrogen-bond donors (Lipinski definition) is 0. The molecule has 0 unspecified atom stereocenters. The molecule has 0 radical (unpaired) electrons. The van der Waals surface area contributed by atoms with Crippen LogP contribution in [-0.2, 0) is 29.1 Å². The topological polar surface area (TPSA) is 81.5 Å². The molecular formula is C25H25F4N3O4S. The lowest BCUT2D eigenvalue weighted by Gasteiger charge is -2.22. The number of alkyl halides is 3. The van der Waals surface area contributed by atoms with Gasteiger partial charge in [-0.05, 0) is 35.7 Å². The van der Waals surface area contributed by atoms with E-state index in [-0.39, 0.29) is 47.0 Å². The van der Waals surface area contributed by atoms with E-state index in [4.69, 9.17) is 4.74 Å². The monoisotopic (exact) mass is 539 g/mol. The lowest BCUT2D eigenvalue weighted by Crippen LogP contribution is -2.27. The summed E-state index contributed by atoms with van der Waals surface area (Å²) in [5.74, 6) is -1.71. The van der Waals surface area contributed by atoms with Crippen molar-refractivity contribution in [2.24, 2.45) is 5.41 Å². The maximum absolute atomic E-state index is 14.6. The highest BCUT2D eigenvalue weighted by Gasteiger charge is 2.36. The molecule has 7 nitrogen and oxygen atoms in total. The first kappa shape index (κ1) is 26.6. The molecule has 1 aliphatic heterocycles. The van der Waals surface area contributed by atoms with Gasteiger partial charge in [0, 0.05) is 24.6 Å². The number of rotatable bonds is 5. The lowest BCUT2D eigenvalue weighted by molar-refractivity contribution is -0.140. The summed E-state index contributed by atoms with van der Waals surface area (Å²) in [6.07, 6.45) is -2.44. The summed E-state index contributed by atoms with van der Waals surface area (Å²) < 4.78 is 84.9.